The summed E-state index contributed by atoms with van der Waals surface area (Å²) in [5, 5.41) is 0. The van der Waals surface area contributed by atoms with Gasteiger partial charge in [0.15, 0.2) is 6.67 Å². The lowest BCUT2D eigenvalue weighted by atomic mass is 10.0. The van der Waals surface area contributed by atoms with E-state index >= 15 is 0 Å². The number of nitrogens with zero attached hydrogens (tertiary/aromatic N) is 2. The Balaban J connectivity index is 1.85. The van der Waals surface area contributed by atoms with Gasteiger partial charge in [-0.25, -0.2) is 0 Å². The second kappa shape index (κ2) is 21.7. The minimum absolute atomic E-state index is 0.351. The molecule has 0 saturated carbocycles. The molecule has 1 amide bonds. The average Bonchev–Trinajstić information content (AvgIpc) is 3.25. The van der Waals surface area contributed by atoms with E-state index in [0.29, 0.717) is 5.91 Å². The van der Waals surface area contributed by atoms with Crippen molar-refractivity contribution in [2.75, 3.05) is 46.1 Å². The van der Waals surface area contributed by atoms with Gasteiger partial charge in [-0.2, -0.15) is 0 Å². The van der Waals surface area contributed by atoms with Crippen LogP contribution in [-0.4, -0.2) is 61.4 Å². The first kappa shape index (κ1) is 31.4. The van der Waals surface area contributed by atoms with Crippen LogP contribution in [0.4, 0.5) is 0 Å². The molecule has 4 heteroatoms. The Labute approximate surface area is 213 Å². The Morgan fingerprint density at radius 1 is 0.676 bits per heavy atom. The molecule has 0 aromatic carbocycles. The molecule has 0 unspecified atom stereocenters. The number of likely N-dealkylation sites (tertiary alicyclic amines) is 1. The second-order valence-corrected chi connectivity index (χ2v) is 10.9. The van der Waals surface area contributed by atoms with Crippen LogP contribution in [0.3, 0.4) is 0 Å². The normalized spacial score (nSPS) is 14.4. The summed E-state index contributed by atoms with van der Waals surface area (Å²) in [6.45, 7) is 13.8. The third kappa shape index (κ3) is 15.4. The fourth-order valence-electron chi connectivity index (χ4n) is 5.38. The van der Waals surface area contributed by atoms with Crippen LogP contribution in [0.2, 0.25) is 0 Å². The Morgan fingerprint density at radius 3 is 1.59 bits per heavy atom. The summed E-state index contributed by atoms with van der Waals surface area (Å²) in [5.41, 5.74) is 0. The van der Waals surface area contributed by atoms with Crippen LogP contribution in [0.15, 0.2) is 0 Å². The van der Waals surface area contributed by atoms with Gasteiger partial charge in [-0.1, -0.05) is 103 Å². The minimum Gasteiger partial charge on any atom is -0.381 e. The fraction of sp³-hybridized carbons (Fsp3) is 0.967. The van der Waals surface area contributed by atoms with Crippen LogP contribution in [-0.2, 0) is 9.53 Å². The van der Waals surface area contributed by atoms with E-state index < -0.39 is 0 Å². The highest BCUT2D eigenvalue weighted by Crippen LogP contribution is 2.17. The van der Waals surface area contributed by atoms with Crippen molar-refractivity contribution in [2.24, 2.45) is 0 Å². The van der Waals surface area contributed by atoms with E-state index in [1.807, 2.05) is 0 Å². The van der Waals surface area contributed by atoms with E-state index in [2.05, 4.69) is 25.7 Å². The van der Waals surface area contributed by atoms with Crippen LogP contribution in [0.5, 0.6) is 0 Å². The zero-order valence-corrected chi connectivity index (χ0v) is 23.6. The molecule has 4 nitrogen and oxygen atoms in total. The molecule has 0 aromatic heterocycles. The first-order chi connectivity index (χ1) is 16.7. The molecule has 34 heavy (non-hydrogen) atoms. The molecule has 1 saturated heterocycles. The van der Waals surface area contributed by atoms with Crippen molar-refractivity contribution in [3.63, 3.8) is 0 Å². The van der Waals surface area contributed by atoms with Gasteiger partial charge in [0.25, 0.3) is 0 Å². The fourth-order valence-corrected chi connectivity index (χ4v) is 5.38. The van der Waals surface area contributed by atoms with E-state index in [-0.39, 0.29) is 0 Å². The summed E-state index contributed by atoms with van der Waals surface area (Å²) in [5.74, 6) is 0.351. The molecule has 1 aliphatic heterocycles. The monoisotopic (exact) mass is 481 g/mol. The van der Waals surface area contributed by atoms with Crippen molar-refractivity contribution in [3.05, 3.63) is 0 Å². The van der Waals surface area contributed by atoms with Gasteiger partial charge in [0, 0.05) is 26.0 Å². The number of unbranched alkanes of at least 4 members (excludes halogenated alkanes) is 15. The van der Waals surface area contributed by atoms with Crippen LogP contribution < -0.4 is 0 Å². The summed E-state index contributed by atoms with van der Waals surface area (Å²) in [6, 6.07) is 0. The van der Waals surface area contributed by atoms with Crippen molar-refractivity contribution in [1.82, 2.24) is 4.90 Å². The molecule has 1 fully saturated rings. The Morgan fingerprint density at radius 2 is 1.15 bits per heavy atom. The van der Waals surface area contributed by atoms with Gasteiger partial charge in [-0.15, -0.1) is 0 Å². The van der Waals surface area contributed by atoms with Crippen molar-refractivity contribution < 1.29 is 14.0 Å². The Kier molecular flexibility index (Phi) is 20.0. The molecule has 0 aliphatic carbocycles. The highest BCUT2D eigenvalue weighted by molar-refractivity contribution is 5.77. The topological polar surface area (TPSA) is 29.5 Å². The third-order valence-electron chi connectivity index (χ3n) is 8.05. The molecule has 0 bridgehead atoms. The molecule has 0 atom stereocenters. The lowest BCUT2D eigenvalue weighted by Gasteiger charge is -2.39. The predicted molar refractivity (Wildman–Crippen MR) is 147 cm³/mol. The molecule has 202 valence electrons. The lowest BCUT2D eigenvalue weighted by Crippen LogP contribution is -2.55. The number of hydrogen-bond donors (Lipinski definition) is 0. The molecule has 0 spiro atoms. The maximum Gasteiger partial charge on any atom is 0.226 e. The summed E-state index contributed by atoms with van der Waals surface area (Å²) in [4.78, 5) is 14.1. The van der Waals surface area contributed by atoms with E-state index in [1.165, 1.54) is 103 Å². The minimum atomic E-state index is 0.351. The largest absolute Gasteiger partial charge is 0.381 e. The number of carbonyl (C=O) groups is 1. The van der Waals surface area contributed by atoms with Gasteiger partial charge in [-0.05, 0) is 26.7 Å². The van der Waals surface area contributed by atoms with Crippen LogP contribution >= 0.6 is 0 Å². The van der Waals surface area contributed by atoms with Crippen molar-refractivity contribution in [2.45, 2.75) is 143 Å². The van der Waals surface area contributed by atoms with Gasteiger partial charge in [-0.3, -0.25) is 9.69 Å². The molecule has 1 heterocycles. The maximum absolute atomic E-state index is 12.0. The van der Waals surface area contributed by atoms with Crippen molar-refractivity contribution in [1.29, 1.82) is 0 Å². The predicted octanol–water partition coefficient (Wildman–Crippen LogP) is 8.09. The maximum atomic E-state index is 12.0. The average molecular weight is 482 g/mol. The molecule has 1 aliphatic rings. The summed E-state index contributed by atoms with van der Waals surface area (Å²) < 4.78 is 6.96. The Hall–Kier alpha value is -0.610. The standard InChI is InChI=1S/C30H61N2O2/c1-4-7-8-9-10-11-12-13-14-15-16-17-18-19-20-21-27-34-28-23-26-32(5-2,6-3)29-31-25-22-24-30(31)33/h4-29H2,1-3H3/q+1. The molecular formula is C30H61N2O2+. The number of rotatable bonds is 25. The van der Waals surface area contributed by atoms with Crippen molar-refractivity contribution in [3.8, 4) is 0 Å². The highest BCUT2D eigenvalue weighted by atomic mass is 16.5. The summed E-state index contributed by atoms with van der Waals surface area (Å²) in [7, 11) is 0. The summed E-state index contributed by atoms with van der Waals surface area (Å²) >= 11 is 0. The SMILES string of the molecule is CCCCCCCCCCCCCCCCCCOCCC[N+](CC)(CC)CN1CCCC1=O. The quantitative estimate of drug-likeness (QED) is 0.0973. The molecular weight excluding hydrogens is 420 g/mol. The zero-order chi connectivity index (χ0) is 24.7. The van der Waals surface area contributed by atoms with E-state index in [9.17, 15) is 4.79 Å². The second-order valence-electron chi connectivity index (χ2n) is 10.9. The first-order valence-electron chi connectivity index (χ1n) is 15.4. The lowest BCUT2D eigenvalue weighted by molar-refractivity contribution is -0.933. The number of quaternary nitrogens is 1. The van der Waals surface area contributed by atoms with E-state index in [1.54, 1.807) is 0 Å². The van der Waals surface area contributed by atoms with Gasteiger partial charge < -0.3 is 9.22 Å². The third-order valence-corrected chi connectivity index (χ3v) is 8.05. The van der Waals surface area contributed by atoms with Crippen LogP contribution in [0.25, 0.3) is 0 Å². The number of ether oxygens (including phenoxy) is 1. The smallest absolute Gasteiger partial charge is 0.226 e. The van der Waals surface area contributed by atoms with Gasteiger partial charge in [0.2, 0.25) is 5.91 Å². The van der Waals surface area contributed by atoms with Crippen LogP contribution in [0, 0.1) is 0 Å². The highest BCUT2D eigenvalue weighted by Gasteiger charge is 2.30. The van der Waals surface area contributed by atoms with E-state index in [0.717, 1.165) is 69.8 Å². The van der Waals surface area contributed by atoms with Gasteiger partial charge in [0.05, 0.1) is 26.2 Å². The first-order valence-corrected chi connectivity index (χ1v) is 15.4. The number of carbonyl (C=O) groups excluding carboxylic acids is 1. The number of hydrogen-bond acceptors (Lipinski definition) is 2. The summed E-state index contributed by atoms with van der Waals surface area (Å²) in [6.07, 6.45) is 25.5. The molecule has 0 N–H and O–H groups in total. The zero-order valence-electron chi connectivity index (χ0n) is 23.6. The molecule has 1 rings (SSSR count). The molecule has 0 aromatic rings. The van der Waals surface area contributed by atoms with Gasteiger partial charge in [0.1, 0.15) is 0 Å². The Bertz CT molecular complexity index is 465. The molecule has 0 radical (unpaired) electrons. The number of amides is 1. The van der Waals surface area contributed by atoms with Gasteiger partial charge >= 0.3 is 0 Å². The van der Waals surface area contributed by atoms with E-state index in [4.69, 9.17) is 4.74 Å². The van der Waals surface area contributed by atoms with Crippen LogP contribution in [0.1, 0.15) is 143 Å². The van der Waals surface area contributed by atoms with Crippen molar-refractivity contribution >= 4 is 5.91 Å².